The predicted molar refractivity (Wildman–Crippen MR) is 92.0 cm³/mol. The van der Waals surface area contributed by atoms with E-state index in [1.807, 2.05) is 18.2 Å². The molecular formula is C19H22N2O2. The van der Waals surface area contributed by atoms with E-state index in [9.17, 15) is 4.79 Å². The zero-order valence-electron chi connectivity index (χ0n) is 13.4. The molecule has 0 saturated carbocycles. The Morgan fingerprint density at radius 2 is 1.70 bits per heavy atom. The van der Waals surface area contributed by atoms with Gasteiger partial charge < -0.3 is 10.0 Å². The van der Waals surface area contributed by atoms with Crippen LogP contribution in [-0.2, 0) is 0 Å². The highest BCUT2D eigenvalue weighted by molar-refractivity contribution is 5.88. The summed E-state index contributed by atoms with van der Waals surface area (Å²) in [5, 5.41) is 9.12. The minimum Gasteiger partial charge on any atom is -0.478 e. The van der Waals surface area contributed by atoms with Gasteiger partial charge in [-0.05, 0) is 30.7 Å². The molecule has 0 aromatic heterocycles. The molecule has 0 spiro atoms. The molecule has 1 unspecified atom stereocenters. The van der Waals surface area contributed by atoms with Crippen LogP contribution in [0.25, 0.3) is 0 Å². The van der Waals surface area contributed by atoms with E-state index in [-0.39, 0.29) is 0 Å². The molecule has 120 valence electrons. The summed E-state index contributed by atoms with van der Waals surface area (Å²) in [6.07, 6.45) is 0. The van der Waals surface area contributed by atoms with Gasteiger partial charge in [0.25, 0.3) is 0 Å². The monoisotopic (exact) mass is 310 g/mol. The molecule has 4 nitrogen and oxygen atoms in total. The Morgan fingerprint density at radius 1 is 1.00 bits per heavy atom. The lowest BCUT2D eigenvalue weighted by Crippen LogP contribution is -2.47. The summed E-state index contributed by atoms with van der Waals surface area (Å²) in [7, 11) is 0. The van der Waals surface area contributed by atoms with Gasteiger partial charge in [-0.3, -0.25) is 4.90 Å². The summed E-state index contributed by atoms with van der Waals surface area (Å²) in [5.41, 5.74) is 2.69. The predicted octanol–water partition coefficient (Wildman–Crippen LogP) is 3.27. The van der Waals surface area contributed by atoms with Crippen LogP contribution in [0.4, 0.5) is 5.69 Å². The second-order valence-electron chi connectivity index (χ2n) is 5.97. The molecule has 0 radical (unpaired) electrons. The van der Waals surface area contributed by atoms with Crippen molar-refractivity contribution in [2.45, 2.75) is 13.0 Å². The van der Waals surface area contributed by atoms with Crippen molar-refractivity contribution in [1.82, 2.24) is 4.90 Å². The van der Waals surface area contributed by atoms with Crippen molar-refractivity contribution in [3.63, 3.8) is 0 Å². The van der Waals surface area contributed by atoms with E-state index in [0.29, 0.717) is 11.6 Å². The third-order valence-corrected chi connectivity index (χ3v) is 4.60. The molecular weight excluding hydrogens is 288 g/mol. The van der Waals surface area contributed by atoms with Gasteiger partial charge in [-0.25, -0.2) is 4.79 Å². The SMILES string of the molecule is CC(c1ccccc1)N1CCN(c2cccc(C(=O)O)c2)CC1. The Kier molecular flexibility index (Phi) is 4.63. The van der Waals surface area contributed by atoms with Crippen molar-refractivity contribution in [3.05, 3.63) is 65.7 Å². The van der Waals surface area contributed by atoms with E-state index in [4.69, 9.17) is 5.11 Å². The van der Waals surface area contributed by atoms with Gasteiger partial charge in [-0.2, -0.15) is 0 Å². The molecule has 4 heteroatoms. The standard InChI is InChI=1S/C19H22N2O2/c1-15(16-6-3-2-4-7-16)20-10-12-21(13-11-20)18-9-5-8-17(14-18)19(22)23/h2-9,14-15H,10-13H2,1H3,(H,22,23). The molecule has 0 bridgehead atoms. The lowest BCUT2D eigenvalue weighted by atomic mass is 10.1. The third-order valence-electron chi connectivity index (χ3n) is 4.60. The fraction of sp³-hybridized carbons (Fsp3) is 0.316. The molecule has 1 aliphatic heterocycles. The maximum Gasteiger partial charge on any atom is 0.335 e. The lowest BCUT2D eigenvalue weighted by molar-refractivity contribution is 0.0697. The van der Waals surface area contributed by atoms with Crippen LogP contribution in [0.15, 0.2) is 54.6 Å². The van der Waals surface area contributed by atoms with Crippen molar-refractivity contribution in [3.8, 4) is 0 Å². The Balaban J connectivity index is 1.64. The minimum atomic E-state index is -0.872. The molecule has 1 saturated heterocycles. The molecule has 0 amide bonds. The maximum absolute atomic E-state index is 11.1. The molecule has 3 rings (SSSR count). The molecule has 1 heterocycles. The number of rotatable bonds is 4. The van der Waals surface area contributed by atoms with E-state index in [1.165, 1.54) is 5.56 Å². The lowest BCUT2D eigenvalue weighted by Gasteiger charge is -2.39. The highest BCUT2D eigenvalue weighted by Gasteiger charge is 2.22. The maximum atomic E-state index is 11.1. The number of hydrogen-bond acceptors (Lipinski definition) is 3. The molecule has 1 fully saturated rings. The summed E-state index contributed by atoms with van der Waals surface area (Å²) in [5.74, 6) is -0.872. The second-order valence-corrected chi connectivity index (χ2v) is 5.97. The van der Waals surface area contributed by atoms with Gasteiger partial charge in [-0.1, -0.05) is 36.4 Å². The Morgan fingerprint density at radius 3 is 2.35 bits per heavy atom. The van der Waals surface area contributed by atoms with Gasteiger partial charge >= 0.3 is 5.97 Å². The van der Waals surface area contributed by atoms with Crippen LogP contribution in [-0.4, -0.2) is 42.2 Å². The highest BCUT2D eigenvalue weighted by Crippen LogP contribution is 2.24. The molecule has 1 atom stereocenters. The second kappa shape index (κ2) is 6.84. The fourth-order valence-corrected chi connectivity index (χ4v) is 3.15. The first-order valence-electron chi connectivity index (χ1n) is 8.02. The zero-order valence-corrected chi connectivity index (χ0v) is 13.4. The summed E-state index contributed by atoms with van der Waals surface area (Å²) < 4.78 is 0. The van der Waals surface area contributed by atoms with Crippen molar-refractivity contribution in [2.24, 2.45) is 0 Å². The number of piperazine rings is 1. The van der Waals surface area contributed by atoms with Crippen LogP contribution in [0.5, 0.6) is 0 Å². The van der Waals surface area contributed by atoms with Gasteiger partial charge in [0, 0.05) is 37.9 Å². The van der Waals surface area contributed by atoms with E-state index in [0.717, 1.165) is 31.9 Å². The summed E-state index contributed by atoms with van der Waals surface area (Å²) >= 11 is 0. The Labute approximate surface area is 137 Å². The summed E-state index contributed by atoms with van der Waals surface area (Å²) in [6, 6.07) is 18.2. The largest absolute Gasteiger partial charge is 0.478 e. The van der Waals surface area contributed by atoms with Crippen molar-refractivity contribution in [2.75, 3.05) is 31.1 Å². The number of carbonyl (C=O) groups is 1. The fourth-order valence-electron chi connectivity index (χ4n) is 3.15. The average molecular weight is 310 g/mol. The van der Waals surface area contributed by atoms with Crippen LogP contribution in [0.2, 0.25) is 0 Å². The van der Waals surface area contributed by atoms with Crippen LogP contribution in [0.3, 0.4) is 0 Å². The first-order chi connectivity index (χ1) is 11.1. The number of benzene rings is 2. The molecule has 1 aliphatic rings. The van der Waals surface area contributed by atoms with E-state index in [2.05, 4.69) is 41.0 Å². The Bertz CT molecular complexity index is 664. The van der Waals surface area contributed by atoms with E-state index in [1.54, 1.807) is 12.1 Å². The topological polar surface area (TPSA) is 43.8 Å². The third kappa shape index (κ3) is 3.54. The number of carboxylic acids is 1. The van der Waals surface area contributed by atoms with Gasteiger partial charge in [0.1, 0.15) is 0 Å². The van der Waals surface area contributed by atoms with Crippen LogP contribution < -0.4 is 4.90 Å². The molecule has 2 aromatic rings. The smallest absolute Gasteiger partial charge is 0.335 e. The van der Waals surface area contributed by atoms with Gasteiger partial charge in [0.05, 0.1) is 5.56 Å². The zero-order chi connectivity index (χ0) is 16.2. The highest BCUT2D eigenvalue weighted by atomic mass is 16.4. The van der Waals surface area contributed by atoms with Crippen LogP contribution in [0, 0.1) is 0 Å². The molecule has 2 aromatic carbocycles. The number of nitrogens with zero attached hydrogens (tertiary/aromatic N) is 2. The number of carboxylic acid groups (broad SMARTS) is 1. The molecule has 0 aliphatic carbocycles. The summed E-state index contributed by atoms with van der Waals surface area (Å²) in [4.78, 5) is 15.9. The van der Waals surface area contributed by atoms with Crippen molar-refractivity contribution < 1.29 is 9.90 Å². The van der Waals surface area contributed by atoms with Gasteiger partial charge in [0.2, 0.25) is 0 Å². The van der Waals surface area contributed by atoms with E-state index >= 15 is 0 Å². The number of hydrogen-bond donors (Lipinski definition) is 1. The van der Waals surface area contributed by atoms with Crippen molar-refractivity contribution in [1.29, 1.82) is 0 Å². The first kappa shape index (κ1) is 15.6. The quantitative estimate of drug-likeness (QED) is 0.941. The minimum absolute atomic E-state index is 0.350. The number of anilines is 1. The van der Waals surface area contributed by atoms with Gasteiger partial charge in [-0.15, -0.1) is 0 Å². The van der Waals surface area contributed by atoms with E-state index < -0.39 is 5.97 Å². The van der Waals surface area contributed by atoms with Crippen molar-refractivity contribution >= 4 is 11.7 Å². The number of aromatic carboxylic acids is 1. The molecule has 1 N–H and O–H groups in total. The average Bonchev–Trinajstić information content (AvgIpc) is 2.62. The normalized spacial score (nSPS) is 17.0. The first-order valence-corrected chi connectivity index (χ1v) is 8.02. The van der Waals surface area contributed by atoms with Gasteiger partial charge in [0.15, 0.2) is 0 Å². The summed E-state index contributed by atoms with van der Waals surface area (Å²) in [6.45, 7) is 6.04. The molecule has 23 heavy (non-hydrogen) atoms. The Hall–Kier alpha value is -2.33. The van der Waals surface area contributed by atoms with Crippen LogP contribution >= 0.6 is 0 Å². The van der Waals surface area contributed by atoms with Crippen LogP contribution in [0.1, 0.15) is 28.9 Å².